The molecule has 8 heteroatoms. The minimum absolute atomic E-state index is 0.171. The average Bonchev–Trinajstić information content (AvgIpc) is 3.14. The smallest absolute Gasteiger partial charge is 0.253 e. The molecule has 0 saturated carbocycles. The Labute approximate surface area is 165 Å². The van der Waals surface area contributed by atoms with Crippen molar-refractivity contribution in [1.82, 2.24) is 25.1 Å². The van der Waals surface area contributed by atoms with E-state index in [4.69, 9.17) is 16.3 Å². The molecular weight excluding hydrogens is 378 g/mol. The second-order valence-electron chi connectivity index (χ2n) is 6.00. The zero-order valence-electron chi connectivity index (χ0n) is 15.0. The molecule has 0 aliphatic carbocycles. The first-order valence-corrected chi connectivity index (χ1v) is 8.92. The molecule has 0 atom stereocenters. The molecule has 0 spiro atoms. The molecule has 0 fully saturated rings. The molecule has 2 aromatic heterocycles. The standard InChI is InChI=1S/C20H16ClN5O2/c1-28-14-8-6-13(7-9-14)17-10-11-18-23-24-19(26(18)25-17)12-22-20(27)15-4-2-3-5-16(15)21/h2-11H,12H2,1H3,(H,22,27). The van der Waals surface area contributed by atoms with Gasteiger partial charge in [-0.2, -0.15) is 9.61 Å². The molecule has 28 heavy (non-hydrogen) atoms. The van der Waals surface area contributed by atoms with Crippen molar-refractivity contribution in [2.75, 3.05) is 7.11 Å². The van der Waals surface area contributed by atoms with Crippen molar-refractivity contribution in [2.24, 2.45) is 0 Å². The zero-order valence-corrected chi connectivity index (χ0v) is 15.7. The van der Waals surface area contributed by atoms with Crippen molar-refractivity contribution in [3.05, 3.63) is 77.1 Å². The van der Waals surface area contributed by atoms with E-state index in [1.807, 2.05) is 36.4 Å². The maximum absolute atomic E-state index is 12.4. The summed E-state index contributed by atoms with van der Waals surface area (Å²) in [6.07, 6.45) is 0. The predicted octanol–water partition coefficient (Wildman–Crippen LogP) is 3.38. The zero-order chi connectivity index (χ0) is 19.5. The molecule has 2 heterocycles. The number of methoxy groups -OCH3 is 1. The third-order valence-electron chi connectivity index (χ3n) is 4.24. The maximum atomic E-state index is 12.4. The largest absolute Gasteiger partial charge is 0.497 e. The number of benzene rings is 2. The van der Waals surface area contributed by atoms with Gasteiger partial charge in [0.05, 0.1) is 29.9 Å². The number of rotatable bonds is 5. The number of nitrogens with one attached hydrogen (secondary N) is 1. The fourth-order valence-corrected chi connectivity index (χ4v) is 2.98. The quantitative estimate of drug-likeness (QED) is 0.562. The van der Waals surface area contributed by atoms with Gasteiger partial charge in [0.15, 0.2) is 11.5 Å². The third-order valence-corrected chi connectivity index (χ3v) is 4.57. The monoisotopic (exact) mass is 393 g/mol. The van der Waals surface area contributed by atoms with Gasteiger partial charge in [0.25, 0.3) is 5.91 Å². The Kier molecular flexibility index (Phi) is 4.90. The van der Waals surface area contributed by atoms with Crippen LogP contribution >= 0.6 is 11.6 Å². The van der Waals surface area contributed by atoms with Gasteiger partial charge in [-0.15, -0.1) is 10.2 Å². The Bertz CT molecular complexity index is 1140. The lowest BCUT2D eigenvalue weighted by Crippen LogP contribution is -2.24. The first-order chi connectivity index (χ1) is 13.7. The van der Waals surface area contributed by atoms with E-state index in [-0.39, 0.29) is 12.5 Å². The van der Waals surface area contributed by atoms with Gasteiger partial charge in [-0.05, 0) is 48.5 Å². The molecule has 0 bridgehead atoms. The van der Waals surface area contributed by atoms with Crippen LogP contribution in [0.1, 0.15) is 16.2 Å². The fourth-order valence-electron chi connectivity index (χ4n) is 2.76. The van der Waals surface area contributed by atoms with E-state index in [1.165, 1.54) is 0 Å². The molecule has 0 radical (unpaired) electrons. The molecule has 4 aromatic rings. The lowest BCUT2D eigenvalue weighted by molar-refractivity contribution is 0.0950. The van der Waals surface area contributed by atoms with E-state index >= 15 is 0 Å². The highest BCUT2D eigenvalue weighted by Crippen LogP contribution is 2.21. The lowest BCUT2D eigenvalue weighted by atomic mass is 10.1. The van der Waals surface area contributed by atoms with E-state index in [1.54, 1.807) is 35.9 Å². The van der Waals surface area contributed by atoms with Gasteiger partial charge in [0.1, 0.15) is 5.75 Å². The number of nitrogens with zero attached hydrogens (tertiary/aromatic N) is 4. The average molecular weight is 394 g/mol. The van der Waals surface area contributed by atoms with Crippen LogP contribution in [0.3, 0.4) is 0 Å². The van der Waals surface area contributed by atoms with Gasteiger partial charge in [-0.1, -0.05) is 23.7 Å². The van der Waals surface area contributed by atoms with Crippen LogP contribution in [0.2, 0.25) is 5.02 Å². The summed E-state index contributed by atoms with van der Waals surface area (Å²) in [5, 5.41) is 16.0. The van der Waals surface area contributed by atoms with Gasteiger partial charge in [0.2, 0.25) is 0 Å². The Morgan fingerprint density at radius 3 is 2.61 bits per heavy atom. The molecule has 4 rings (SSSR count). The normalized spacial score (nSPS) is 10.8. The number of hydrogen-bond donors (Lipinski definition) is 1. The van der Waals surface area contributed by atoms with Gasteiger partial charge in [0, 0.05) is 5.56 Å². The van der Waals surface area contributed by atoms with E-state index in [2.05, 4.69) is 20.6 Å². The minimum Gasteiger partial charge on any atom is -0.497 e. The molecule has 1 amide bonds. The number of aromatic nitrogens is 4. The van der Waals surface area contributed by atoms with Crippen LogP contribution in [-0.4, -0.2) is 32.8 Å². The molecule has 0 aliphatic heterocycles. The summed E-state index contributed by atoms with van der Waals surface area (Å²) in [6, 6.07) is 18.2. The van der Waals surface area contributed by atoms with E-state index in [0.717, 1.165) is 17.0 Å². The molecule has 7 nitrogen and oxygen atoms in total. The summed E-state index contributed by atoms with van der Waals surface area (Å²) in [5.41, 5.74) is 2.69. The molecule has 2 aromatic carbocycles. The number of amides is 1. The van der Waals surface area contributed by atoms with Crippen LogP contribution in [0, 0.1) is 0 Å². The first-order valence-electron chi connectivity index (χ1n) is 8.54. The summed E-state index contributed by atoms with van der Waals surface area (Å²) in [7, 11) is 1.62. The van der Waals surface area contributed by atoms with E-state index in [9.17, 15) is 4.79 Å². The second-order valence-corrected chi connectivity index (χ2v) is 6.40. The summed E-state index contributed by atoms with van der Waals surface area (Å²) >= 11 is 6.07. The Hall–Kier alpha value is -3.45. The number of ether oxygens (including phenoxy) is 1. The summed E-state index contributed by atoms with van der Waals surface area (Å²) in [6.45, 7) is 0.171. The third kappa shape index (κ3) is 3.52. The van der Waals surface area contributed by atoms with Crippen LogP contribution in [-0.2, 0) is 6.54 Å². The van der Waals surface area contributed by atoms with Crippen molar-refractivity contribution in [1.29, 1.82) is 0 Å². The highest BCUT2D eigenvalue weighted by atomic mass is 35.5. The van der Waals surface area contributed by atoms with Crippen LogP contribution in [0.5, 0.6) is 5.75 Å². The summed E-state index contributed by atoms with van der Waals surface area (Å²) in [4.78, 5) is 12.4. The number of fused-ring (bicyclic) bond motifs is 1. The lowest BCUT2D eigenvalue weighted by Gasteiger charge is -2.07. The highest BCUT2D eigenvalue weighted by molar-refractivity contribution is 6.33. The number of carbonyl (C=O) groups excluding carboxylic acids is 1. The van der Waals surface area contributed by atoms with Crippen LogP contribution in [0.4, 0.5) is 0 Å². The number of hydrogen-bond acceptors (Lipinski definition) is 5. The van der Waals surface area contributed by atoms with Crippen LogP contribution < -0.4 is 10.1 Å². The van der Waals surface area contributed by atoms with Crippen molar-refractivity contribution in [3.63, 3.8) is 0 Å². The van der Waals surface area contributed by atoms with Crippen molar-refractivity contribution < 1.29 is 9.53 Å². The van der Waals surface area contributed by atoms with Crippen LogP contribution in [0.25, 0.3) is 16.9 Å². The van der Waals surface area contributed by atoms with Gasteiger partial charge >= 0.3 is 0 Å². The van der Waals surface area contributed by atoms with E-state index in [0.29, 0.717) is 22.1 Å². The fraction of sp³-hybridized carbons (Fsp3) is 0.100. The molecular formula is C20H16ClN5O2. The number of carbonyl (C=O) groups is 1. The molecule has 0 aliphatic rings. The van der Waals surface area contributed by atoms with Crippen LogP contribution in [0.15, 0.2) is 60.7 Å². The van der Waals surface area contributed by atoms with E-state index < -0.39 is 0 Å². The first kappa shape index (κ1) is 17.9. The van der Waals surface area contributed by atoms with Gasteiger partial charge in [-0.3, -0.25) is 4.79 Å². The van der Waals surface area contributed by atoms with Gasteiger partial charge < -0.3 is 10.1 Å². The topological polar surface area (TPSA) is 81.4 Å². The van der Waals surface area contributed by atoms with Gasteiger partial charge in [-0.25, -0.2) is 0 Å². The Morgan fingerprint density at radius 2 is 1.86 bits per heavy atom. The van der Waals surface area contributed by atoms with Crippen molar-refractivity contribution in [3.8, 4) is 17.0 Å². The number of halogens is 1. The molecule has 1 N–H and O–H groups in total. The second kappa shape index (κ2) is 7.66. The van der Waals surface area contributed by atoms with Crippen molar-refractivity contribution >= 4 is 23.2 Å². The highest BCUT2D eigenvalue weighted by Gasteiger charge is 2.13. The Morgan fingerprint density at radius 1 is 1.07 bits per heavy atom. The minimum atomic E-state index is -0.284. The molecule has 140 valence electrons. The predicted molar refractivity (Wildman–Crippen MR) is 105 cm³/mol. The Balaban J connectivity index is 1.57. The van der Waals surface area contributed by atoms with Crippen molar-refractivity contribution in [2.45, 2.75) is 6.54 Å². The summed E-state index contributed by atoms with van der Waals surface area (Å²) in [5.74, 6) is 1.01. The SMILES string of the molecule is COc1ccc(-c2ccc3nnc(CNC(=O)c4ccccc4Cl)n3n2)cc1. The molecule has 0 saturated heterocycles. The summed E-state index contributed by atoms with van der Waals surface area (Å²) < 4.78 is 6.80. The maximum Gasteiger partial charge on any atom is 0.253 e. The molecule has 0 unspecified atom stereocenters.